The van der Waals surface area contributed by atoms with Gasteiger partial charge in [-0.1, -0.05) is 30.3 Å². The highest BCUT2D eigenvalue weighted by Gasteiger charge is 2.36. The van der Waals surface area contributed by atoms with E-state index in [1.54, 1.807) is 42.5 Å². The van der Waals surface area contributed by atoms with Gasteiger partial charge in [0.05, 0.1) is 31.9 Å². The molecule has 2 N–H and O–H groups in total. The van der Waals surface area contributed by atoms with Gasteiger partial charge in [-0.2, -0.15) is 0 Å². The van der Waals surface area contributed by atoms with Crippen LogP contribution in [0.15, 0.2) is 77.8 Å². The van der Waals surface area contributed by atoms with Gasteiger partial charge < -0.3 is 24.5 Å². The summed E-state index contributed by atoms with van der Waals surface area (Å²) in [4.78, 5) is 13.7. The maximum absolute atomic E-state index is 14.0. The number of carbonyl (C=O) groups is 1. The van der Waals surface area contributed by atoms with Crippen molar-refractivity contribution in [3.05, 3.63) is 78.5 Å². The topological polar surface area (TPSA) is 113 Å². The molecule has 9 nitrogen and oxygen atoms in total. The number of amides is 1. The van der Waals surface area contributed by atoms with E-state index in [1.807, 2.05) is 17.8 Å². The smallest absolute Gasteiger partial charge is 0.270 e. The summed E-state index contributed by atoms with van der Waals surface area (Å²) in [6, 6.07) is 16.6. The monoisotopic (exact) mass is 509 g/mol. The summed E-state index contributed by atoms with van der Waals surface area (Å²) < 4.78 is 46.8. The van der Waals surface area contributed by atoms with Crippen LogP contribution in [0.1, 0.15) is 11.6 Å². The molecule has 36 heavy (non-hydrogen) atoms. The van der Waals surface area contributed by atoms with E-state index < -0.39 is 22.0 Å². The fraction of sp³-hybridized carbons (Fsp3) is 0.192. The van der Waals surface area contributed by atoms with Gasteiger partial charge in [0.2, 0.25) is 5.75 Å². The first-order chi connectivity index (χ1) is 17.2. The van der Waals surface area contributed by atoms with E-state index in [9.17, 15) is 13.2 Å². The molecule has 0 aliphatic carbocycles. The zero-order valence-electron chi connectivity index (χ0n) is 20.3. The van der Waals surface area contributed by atoms with Crippen molar-refractivity contribution in [1.29, 1.82) is 0 Å². The Morgan fingerprint density at radius 2 is 1.56 bits per heavy atom. The Balaban J connectivity index is 1.93. The van der Waals surface area contributed by atoms with Gasteiger partial charge in [-0.3, -0.25) is 4.79 Å². The Hall–Kier alpha value is -4.02. The van der Waals surface area contributed by atoms with E-state index in [0.717, 1.165) is 5.52 Å². The summed E-state index contributed by atoms with van der Waals surface area (Å²) in [5, 5.41) is 0.711. The first-order valence-corrected chi connectivity index (χ1v) is 12.4. The average Bonchev–Trinajstić information content (AvgIpc) is 3.27. The number of aromatic nitrogens is 1. The van der Waals surface area contributed by atoms with E-state index in [0.29, 0.717) is 15.3 Å². The van der Waals surface area contributed by atoms with Crippen LogP contribution in [0.3, 0.4) is 0 Å². The first kappa shape index (κ1) is 25.1. The number of anilines is 1. The maximum Gasteiger partial charge on any atom is 0.270 e. The Morgan fingerprint density at radius 1 is 0.917 bits per heavy atom. The summed E-state index contributed by atoms with van der Waals surface area (Å²) in [6.07, 6.45) is 1.83. The number of hydrogen-bond acceptors (Lipinski definition) is 7. The minimum atomic E-state index is -4.42. The molecular weight excluding hydrogens is 482 g/mol. The van der Waals surface area contributed by atoms with Gasteiger partial charge in [0.25, 0.3) is 15.9 Å². The van der Waals surface area contributed by atoms with Crippen molar-refractivity contribution in [2.75, 3.05) is 25.6 Å². The molecule has 1 aromatic heterocycles. The van der Waals surface area contributed by atoms with Crippen molar-refractivity contribution in [2.45, 2.75) is 10.9 Å². The molecule has 1 amide bonds. The van der Waals surface area contributed by atoms with Crippen LogP contribution in [-0.4, -0.2) is 40.2 Å². The molecular formula is C26H27N3O6S. The van der Waals surface area contributed by atoms with Crippen molar-refractivity contribution >= 4 is 32.5 Å². The van der Waals surface area contributed by atoms with Crippen molar-refractivity contribution in [1.82, 2.24) is 4.57 Å². The standard InChI is InChI=1S/C26H27N3O6S/c1-28-13-12-18-14-20(10-11-21(18)28)36(31,32)29(26(30)24(27)17-8-6-5-7-9-17)19-15-22(33-2)25(35-4)23(16-19)34-3/h5-16,24H,27H2,1-4H3/t24-/m1/s1. The molecule has 0 aliphatic rings. The van der Waals surface area contributed by atoms with Crippen molar-refractivity contribution < 1.29 is 27.4 Å². The second-order valence-electron chi connectivity index (χ2n) is 8.03. The summed E-state index contributed by atoms with van der Waals surface area (Å²) in [5.41, 5.74) is 7.61. The number of fused-ring (bicyclic) bond motifs is 1. The molecule has 4 rings (SSSR count). The zero-order chi connectivity index (χ0) is 26.0. The Kier molecular flexibility index (Phi) is 6.91. The molecule has 4 aromatic rings. The fourth-order valence-corrected chi connectivity index (χ4v) is 5.48. The number of nitrogens with zero attached hydrogens (tertiary/aromatic N) is 2. The van der Waals surface area contributed by atoms with Crippen molar-refractivity contribution in [3.63, 3.8) is 0 Å². The highest BCUT2D eigenvalue weighted by atomic mass is 32.2. The Bertz CT molecular complexity index is 1490. The molecule has 0 saturated carbocycles. The van der Waals surface area contributed by atoms with Gasteiger partial charge in [-0.25, -0.2) is 12.7 Å². The molecule has 1 atom stereocenters. The van der Waals surface area contributed by atoms with Gasteiger partial charge in [-0.15, -0.1) is 0 Å². The molecule has 0 aliphatic heterocycles. The number of nitrogens with two attached hydrogens (primary N) is 1. The number of benzene rings is 3. The van der Waals surface area contributed by atoms with Gasteiger partial charge in [0.1, 0.15) is 6.04 Å². The lowest BCUT2D eigenvalue weighted by Gasteiger charge is -2.27. The maximum atomic E-state index is 14.0. The number of ether oxygens (including phenoxy) is 3. The molecule has 0 unspecified atom stereocenters. The van der Waals surface area contributed by atoms with Crippen LogP contribution in [0.4, 0.5) is 5.69 Å². The lowest BCUT2D eigenvalue weighted by Crippen LogP contribution is -2.42. The Morgan fingerprint density at radius 3 is 2.14 bits per heavy atom. The third-order valence-electron chi connectivity index (χ3n) is 5.90. The summed E-state index contributed by atoms with van der Waals surface area (Å²) in [5.74, 6) is -0.214. The number of rotatable bonds is 8. The first-order valence-electron chi connectivity index (χ1n) is 11.0. The van der Waals surface area contributed by atoms with Crippen LogP contribution in [0.25, 0.3) is 10.9 Å². The van der Waals surface area contributed by atoms with E-state index in [4.69, 9.17) is 19.9 Å². The fourth-order valence-electron chi connectivity index (χ4n) is 4.02. The molecule has 0 radical (unpaired) electrons. The van der Waals surface area contributed by atoms with Gasteiger partial charge in [0, 0.05) is 36.3 Å². The molecule has 0 bridgehead atoms. The zero-order valence-corrected chi connectivity index (χ0v) is 21.2. The molecule has 0 fully saturated rings. The van der Waals surface area contributed by atoms with Crippen LogP contribution < -0.4 is 24.2 Å². The van der Waals surface area contributed by atoms with Crippen LogP contribution in [0, 0.1) is 0 Å². The molecule has 3 aromatic carbocycles. The summed E-state index contributed by atoms with van der Waals surface area (Å²) in [6.45, 7) is 0. The van der Waals surface area contributed by atoms with E-state index in [2.05, 4.69) is 0 Å². The minimum Gasteiger partial charge on any atom is -0.493 e. The predicted octanol–water partition coefficient (Wildman–Crippen LogP) is 3.63. The summed E-state index contributed by atoms with van der Waals surface area (Å²) >= 11 is 0. The molecule has 188 valence electrons. The van der Waals surface area contributed by atoms with Crippen molar-refractivity contribution in [2.24, 2.45) is 12.8 Å². The van der Waals surface area contributed by atoms with E-state index in [1.165, 1.54) is 45.6 Å². The van der Waals surface area contributed by atoms with Gasteiger partial charge in [0.15, 0.2) is 11.5 Å². The van der Waals surface area contributed by atoms with Crippen LogP contribution in [0.5, 0.6) is 17.2 Å². The molecule has 0 spiro atoms. The quantitative estimate of drug-likeness (QED) is 0.386. The van der Waals surface area contributed by atoms with Gasteiger partial charge >= 0.3 is 0 Å². The van der Waals surface area contributed by atoms with Gasteiger partial charge in [-0.05, 0) is 29.8 Å². The number of sulfonamides is 1. The summed E-state index contributed by atoms with van der Waals surface area (Å²) in [7, 11) is 1.68. The van der Waals surface area contributed by atoms with Crippen LogP contribution in [-0.2, 0) is 21.9 Å². The average molecular weight is 510 g/mol. The number of aryl methyl sites for hydroxylation is 1. The highest BCUT2D eigenvalue weighted by molar-refractivity contribution is 7.93. The lowest BCUT2D eigenvalue weighted by atomic mass is 10.1. The van der Waals surface area contributed by atoms with E-state index in [-0.39, 0.29) is 27.8 Å². The number of carbonyl (C=O) groups excluding carboxylic acids is 1. The predicted molar refractivity (Wildman–Crippen MR) is 137 cm³/mol. The normalized spacial score (nSPS) is 12.2. The Labute approximate surface area is 209 Å². The third-order valence-corrected chi connectivity index (χ3v) is 7.62. The van der Waals surface area contributed by atoms with Crippen molar-refractivity contribution in [3.8, 4) is 17.2 Å². The second kappa shape index (κ2) is 9.92. The molecule has 0 saturated heterocycles. The third kappa shape index (κ3) is 4.36. The van der Waals surface area contributed by atoms with Crippen LogP contribution >= 0.6 is 0 Å². The second-order valence-corrected chi connectivity index (χ2v) is 9.81. The molecule has 1 heterocycles. The van der Waals surface area contributed by atoms with Crippen LogP contribution in [0.2, 0.25) is 0 Å². The molecule has 10 heteroatoms. The SMILES string of the molecule is COc1cc(N(C(=O)[C@H](N)c2ccccc2)S(=O)(=O)c2ccc3c(ccn3C)c2)cc(OC)c1OC. The lowest BCUT2D eigenvalue weighted by molar-refractivity contribution is -0.118. The number of methoxy groups -OCH3 is 3. The largest absolute Gasteiger partial charge is 0.493 e. The number of hydrogen-bond donors (Lipinski definition) is 1. The highest BCUT2D eigenvalue weighted by Crippen LogP contribution is 2.42. The van der Waals surface area contributed by atoms with E-state index >= 15 is 0 Å². The minimum absolute atomic E-state index is 0.00552.